The molecule has 1 aliphatic heterocycles. The summed E-state index contributed by atoms with van der Waals surface area (Å²) in [5.74, 6) is 1.29. The quantitative estimate of drug-likeness (QED) is 0.190. The van der Waals surface area contributed by atoms with E-state index in [-0.39, 0.29) is 18.4 Å². The number of morpholine rings is 1. The molecule has 0 atom stereocenters. The highest BCUT2D eigenvalue weighted by molar-refractivity contribution is 6.35. The Labute approximate surface area is 234 Å². The molecule has 5 rings (SSSR count). The topological polar surface area (TPSA) is 96.8 Å². The van der Waals surface area contributed by atoms with Crippen LogP contribution in [0.25, 0.3) is 0 Å². The maximum atomic E-state index is 13.3. The van der Waals surface area contributed by atoms with Gasteiger partial charge in [0.15, 0.2) is 0 Å². The van der Waals surface area contributed by atoms with Gasteiger partial charge in [0.05, 0.1) is 19.4 Å². The van der Waals surface area contributed by atoms with E-state index in [2.05, 4.69) is 30.8 Å². The molecule has 0 saturated carbocycles. The molecular weight excluding hydrogens is 544 g/mol. The van der Waals surface area contributed by atoms with Crippen LogP contribution >= 0.6 is 23.2 Å². The lowest BCUT2D eigenvalue weighted by Crippen LogP contribution is -2.37. The number of halogens is 3. The van der Waals surface area contributed by atoms with Gasteiger partial charge in [-0.2, -0.15) is 20.1 Å². The summed E-state index contributed by atoms with van der Waals surface area (Å²) in [6, 6.07) is 18.7. The number of hydrogen-bond donors (Lipinski definition) is 2. The molecule has 1 fully saturated rings. The SMILES string of the molecule is Fc1ccc(Nc2nc(NN=Cc3ccccc3OCc3ccc(Cl)cc3Cl)nc(N3CCOCC3)n2)cc1. The van der Waals surface area contributed by atoms with E-state index in [4.69, 9.17) is 32.7 Å². The van der Waals surface area contributed by atoms with E-state index in [0.29, 0.717) is 59.7 Å². The van der Waals surface area contributed by atoms with Crippen LogP contribution in [0.2, 0.25) is 10.0 Å². The molecule has 0 radical (unpaired) electrons. The van der Waals surface area contributed by atoms with Crippen LogP contribution in [-0.4, -0.2) is 47.5 Å². The molecule has 39 heavy (non-hydrogen) atoms. The van der Waals surface area contributed by atoms with Gasteiger partial charge >= 0.3 is 0 Å². The fourth-order valence-corrected chi connectivity index (χ4v) is 4.17. The largest absolute Gasteiger partial charge is 0.488 e. The Morgan fingerprint density at radius 1 is 0.974 bits per heavy atom. The summed E-state index contributed by atoms with van der Waals surface area (Å²) in [6.45, 7) is 2.70. The molecule has 0 spiro atoms. The summed E-state index contributed by atoms with van der Waals surface area (Å²) in [5, 5.41) is 8.52. The predicted molar refractivity (Wildman–Crippen MR) is 151 cm³/mol. The molecule has 0 bridgehead atoms. The first-order valence-corrected chi connectivity index (χ1v) is 12.9. The van der Waals surface area contributed by atoms with Crippen molar-refractivity contribution in [3.05, 3.63) is 93.7 Å². The average molecular weight is 568 g/mol. The highest BCUT2D eigenvalue weighted by atomic mass is 35.5. The molecule has 0 unspecified atom stereocenters. The second kappa shape index (κ2) is 12.7. The standard InChI is InChI=1S/C27H24Cl2FN7O2/c28-20-6-5-19(23(29)15-20)17-39-24-4-2-1-3-18(24)16-31-36-26-33-25(32-22-9-7-21(30)8-10-22)34-27(35-26)37-11-13-38-14-12-37/h1-10,15-16H,11-14,17H2,(H2,32,33,34,35,36). The molecule has 0 amide bonds. The van der Waals surface area contributed by atoms with Crippen molar-refractivity contribution in [1.82, 2.24) is 15.0 Å². The number of anilines is 4. The highest BCUT2D eigenvalue weighted by Crippen LogP contribution is 2.24. The van der Waals surface area contributed by atoms with Gasteiger partial charge in [0, 0.05) is 39.9 Å². The zero-order valence-corrected chi connectivity index (χ0v) is 22.2. The minimum absolute atomic E-state index is 0.235. The number of rotatable bonds is 9. The minimum atomic E-state index is -0.331. The lowest BCUT2D eigenvalue weighted by molar-refractivity contribution is 0.122. The summed E-state index contributed by atoms with van der Waals surface area (Å²) in [4.78, 5) is 15.5. The second-order valence-electron chi connectivity index (χ2n) is 8.45. The molecule has 1 saturated heterocycles. The number of nitrogens with one attached hydrogen (secondary N) is 2. The second-order valence-corrected chi connectivity index (χ2v) is 9.29. The number of nitrogens with zero attached hydrogens (tertiary/aromatic N) is 5. The Morgan fingerprint density at radius 2 is 1.74 bits per heavy atom. The predicted octanol–water partition coefficient (Wildman–Crippen LogP) is 5.92. The summed E-state index contributed by atoms with van der Waals surface area (Å²) in [5.41, 5.74) is 5.07. The van der Waals surface area contributed by atoms with Gasteiger partial charge < -0.3 is 19.7 Å². The van der Waals surface area contributed by atoms with E-state index in [1.807, 2.05) is 35.2 Å². The molecule has 0 aliphatic carbocycles. The average Bonchev–Trinajstić information content (AvgIpc) is 2.95. The maximum Gasteiger partial charge on any atom is 0.250 e. The summed E-state index contributed by atoms with van der Waals surface area (Å²) < 4.78 is 24.8. The van der Waals surface area contributed by atoms with Gasteiger partial charge in [-0.1, -0.05) is 41.4 Å². The van der Waals surface area contributed by atoms with Gasteiger partial charge in [-0.3, -0.25) is 0 Å². The number of ether oxygens (including phenoxy) is 2. The van der Waals surface area contributed by atoms with Crippen molar-refractivity contribution in [3.63, 3.8) is 0 Å². The van der Waals surface area contributed by atoms with Crippen LogP contribution in [0.3, 0.4) is 0 Å². The van der Waals surface area contributed by atoms with E-state index in [1.54, 1.807) is 30.5 Å². The Morgan fingerprint density at radius 3 is 2.54 bits per heavy atom. The van der Waals surface area contributed by atoms with E-state index < -0.39 is 0 Å². The Bertz CT molecular complexity index is 1450. The van der Waals surface area contributed by atoms with Crippen LogP contribution in [0, 0.1) is 5.82 Å². The zero-order valence-electron chi connectivity index (χ0n) is 20.7. The Kier molecular flexibility index (Phi) is 8.67. The van der Waals surface area contributed by atoms with Crippen LogP contribution in [0.5, 0.6) is 5.75 Å². The third-order valence-corrected chi connectivity index (χ3v) is 6.29. The van der Waals surface area contributed by atoms with Crippen LogP contribution in [0.4, 0.5) is 27.9 Å². The highest BCUT2D eigenvalue weighted by Gasteiger charge is 2.17. The van der Waals surface area contributed by atoms with Crippen LogP contribution in [0.1, 0.15) is 11.1 Å². The maximum absolute atomic E-state index is 13.3. The number of hydrazone groups is 1. The monoisotopic (exact) mass is 567 g/mol. The molecule has 2 heterocycles. The van der Waals surface area contributed by atoms with Crippen molar-refractivity contribution in [2.75, 3.05) is 41.9 Å². The fraction of sp³-hybridized carbons (Fsp3) is 0.185. The number of para-hydroxylation sites is 1. The molecule has 9 nitrogen and oxygen atoms in total. The van der Waals surface area contributed by atoms with E-state index in [9.17, 15) is 4.39 Å². The van der Waals surface area contributed by atoms with Gasteiger partial charge in [-0.05, 0) is 48.5 Å². The van der Waals surface area contributed by atoms with Crippen LogP contribution < -0.4 is 20.4 Å². The van der Waals surface area contributed by atoms with Gasteiger partial charge in [0.25, 0.3) is 0 Å². The summed E-state index contributed by atoms with van der Waals surface area (Å²) in [7, 11) is 0. The van der Waals surface area contributed by atoms with Crippen LogP contribution in [0.15, 0.2) is 71.8 Å². The lowest BCUT2D eigenvalue weighted by Gasteiger charge is -2.27. The van der Waals surface area contributed by atoms with Crippen molar-refractivity contribution < 1.29 is 13.9 Å². The van der Waals surface area contributed by atoms with E-state index >= 15 is 0 Å². The normalized spacial score (nSPS) is 13.5. The molecule has 2 N–H and O–H groups in total. The molecule has 1 aliphatic rings. The van der Waals surface area contributed by atoms with Crippen molar-refractivity contribution in [3.8, 4) is 5.75 Å². The summed E-state index contributed by atoms with van der Waals surface area (Å²) in [6.07, 6.45) is 1.62. The minimum Gasteiger partial charge on any atom is -0.488 e. The van der Waals surface area contributed by atoms with E-state index in [1.165, 1.54) is 12.1 Å². The first-order valence-electron chi connectivity index (χ1n) is 12.1. The van der Waals surface area contributed by atoms with Crippen molar-refractivity contribution >= 4 is 52.9 Å². The zero-order chi connectivity index (χ0) is 27.0. The number of aromatic nitrogens is 3. The third-order valence-electron chi connectivity index (χ3n) is 5.70. The van der Waals surface area contributed by atoms with Gasteiger partial charge in [0.1, 0.15) is 18.2 Å². The van der Waals surface area contributed by atoms with Gasteiger partial charge in [0.2, 0.25) is 17.8 Å². The van der Waals surface area contributed by atoms with Crippen molar-refractivity contribution in [2.24, 2.45) is 5.10 Å². The molecule has 3 aromatic carbocycles. The fourth-order valence-electron chi connectivity index (χ4n) is 3.71. The molecule has 12 heteroatoms. The van der Waals surface area contributed by atoms with Crippen LogP contribution in [-0.2, 0) is 11.3 Å². The molecular formula is C27H24Cl2FN7O2. The molecule has 1 aromatic heterocycles. The van der Waals surface area contributed by atoms with Gasteiger partial charge in [-0.15, -0.1) is 0 Å². The third kappa shape index (κ3) is 7.32. The Hall–Kier alpha value is -3.99. The first-order chi connectivity index (χ1) is 19.0. The van der Waals surface area contributed by atoms with E-state index in [0.717, 1.165) is 11.1 Å². The number of benzene rings is 3. The molecule has 200 valence electrons. The van der Waals surface area contributed by atoms with Crippen molar-refractivity contribution in [1.29, 1.82) is 0 Å². The van der Waals surface area contributed by atoms with Crippen molar-refractivity contribution in [2.45, 2.75) is 6.61 Å². The Balaban J connectivity index is 1.32. The first kappa shape index (κ1) is 26.6. The number of hydrogen-bond acceptors (Lipinski definition) is 9. The lowest BCUT2D eigenvalue weighted by atomic mass is 10.2. The van der Waals surface area contributed by atoms with Gasteiger partial charge in [-0.25, -0.2) is 9.82 Å². The summed E-state index contributed by atoms with van der Waals surface area (Å²) >= 11 is 12.3. The molecule has 4 aromatic rings. The smallest absolute Gasteiger partial charge is 0.250 e.